The fourth-order valence-electron chi connectivity index (χ4n) is 5.01. The molecule has 0 aromatic carbocycles. The van der Waals surface area contributed by atoms with Crippen LogP contribution in [-0.2, 0) is 0 Å². The molecule has 104 valence electrons. The molecule has 3 aliphatic rings. The maximum Gasteiger partial charge on any atom is 0.0111 e. The molecule has 3 aliphatic carbocycles. The standard InChI is InChI=1S/C16H30N2/c1-11-4-3-5-14(8-11)18(2)10-15-12-6-7-13(9-12)16(15)17/h11-16H,3-10,17H2,1-2H3. The predicted octanol–water partition coefficient (Wildman–Crippen LogP) is 2.87. The van der Waals surface area contributed by atoms with Crippen LogP contribution in [0.4, 0.5) is 0 Å². The molecule has 2 heteroatoms. The van der Waals surface area contributed by atoms with E-state index in [1.54, 1.807) is 0 Å². The normalized spacial score (nSPS) is 48.0. The highest BCUT2D eigenvalue weighted by Crippen LogP contribution is 2.48. The summed E-state index contributed by atoms with van der Waals surface area (Å²) in [6.45, 7) is 3.68. The number of fused-ring (bicyclic) bond motifs is 2. The van der Waals surface area contributed by atoms with E-state index in [-0.39, 0.29) is 0 Å². The average Bonchev–Trinajstić information content (AvgIpc) is 2.93. The summed E-state index contributed by atoms with van der Waals surface area (Å²) in [5, 5.41) is 0. The zero-order valence-electron chi connectivity index (χ0n) is 12.1. The molecule has 0 aliphatic heterocycles. The molecule has 0 aromatic heterocycles. The Morgan fingerprint density at radius 1 is 1.06 bits per heavy atom. The summed E-state index contributed by atoms with van der Waals surface area (Å²) in [4.78, 5) is 2.65. The van der Waals surface area contributed by atoms with Crippen LogP contribution in [0.3, 0.4) is 0 Å². The molecule has 0 aromatic rings. The SMILES string of the molecule is CC1CCCC(N(C)CC2C3CCC(C3)C2N)C1. The largest absolute Gasteiger partial charge is 0.327 e. The highest BCUT2D eigenvalue weighted by atomic mass is 15.1. The number of nitrogens with two attached hydrogens (primary N) is 1. The van der Waals surface area contributed by atoms with Crippen molar-refractivity contribution in [1.29, 1.82) is 0 Å². The molecule has 0 amide bonds. The van der Waals surface area contributed by atoms with Gasteiger partial charge in [-0.05, 0) is 62.8 Å². The number of hydrogen-bond acceptors (Lipinski definition) is 2. The van der Waals surface area contributed by atoms with E-state index in [1.807, 2.05) is 0 Å². The lowest BCUT2D eigenvalue weighted by Gasteiger charge is -2.38. The minimum Gasteiger partial charge on any atom is -0.327 e. The molecular formula is C16H30N2. The average molecular weight is 250 g/mol. The highest BCUT2D eigenvalue weighted by molar-refractivity contribution is 5.00. The third-order valence-electron chi connectivity index (χ3n) is 6.19. The topological polar surface area (TPSA) is 29.3 Å². The van der Waals surface area contributed by atoms with Gasteiger partial charge in [0.25, 0.3) is 0 Å². The fraction of sp³-hybridized carbons (Fsp3) is 1.00. The molecule has 6 atom stereocenters. The van der Waals surface area contributed by atoms with Gasteiger partial charge < -0.3 is 10.6 Å². The molecule has 0 spiro atoms. The lowest BCUT2D eigenvalue weighted by atomic mass is 9.82. The molecule has 2 N–H and O–H groups in total. The van der Waals surface area contributed by atoms with Gasteiger partial charge in [0.05, 0.1) is 0 Å². The van der Waals surface area contributed by atoms with Crippen molar-refractivity contribution in [2.45, 2.75) is 64.0 Å². The Morgan fingerprint density at radius 2 is 1.83 bits per heavy atom. The van der Waals surface area contributed by atoms with Crippen LogP contribution in [0.5, 0.6) is 0 Å². The minimum atomic E-state index is 0.507. The van der Waals surface area contributed by atoms with Crippen molar-refractivity contribution in [3.05, 3.63) is 0 Å². The zero-order valence-corrected chi connectivity index (χ0v) is 12.1. The first kappa shape index (κ1) is 12.9. The quantitative estimate of drug-likeness (QED) is 0.834. The Kier molecular flexibility index (Phi) is 3.68. The molecule has 2 bridgehead atoms. The maximum atomic E-state index is 6.44. The molecular weight excluding hydrogens is 220 g/mol. The van der Waals surface area contributed by atoms with Crippen LogP contribution in [0.15, 0.2) is 0 Å². The van der Waals surface area contributed by atoms with Gasteiger partial charge in [0.2, 0.25) is 0 Å². The van der Waals surface area contributed by atoms with E-state index in [2.05, 4.69) is 18.9 Å². The van der Waals surface area contributed by atoms with Gasteiger partial charge in [0.15, 0.2) is 0 Å². The summed E-state index contributed by atoms with van der Waals surface area (Å²) < 4.78 is 0. The molecule has 0 radical (unpaired) electrons. The summed E-state index contributed by atoms with van der Waals surface area (Å²) in [6.07, 6.45) is 9.99. The van der Waals surface area contributed by atoms with Crippen molar-refractivity contribution in [2.75, 3.05) is 13.6 Å². The fourth-order valence-corrected chi connectivity index (χ4v) is 5.01. The summed E-state index contributed by atoms with van der Waals surface area (Å²) in [7, 11) is 2.35. The van der Waals surface area contributed by atoms with Crippen molar-refractivity contribution in [2.24, 2.45) is 29.4 Å². The van der Waals surface area contributed by atoms with E-state index in [0.29, 0.717) is 6.04 Å². The van der Waals surface area contributed by atoms with Crippen LogP contribution < -0.4 is 5.73 Å². The lowest BCUT2D eigenvalue weighted by molar-refractivity contribution is 0.119. The summed E-state index contributed by atoms with van der Waals surface area (Å²) in [5.74, 6) is 3.54. The number of hydrogen-bond donors (Lipinski definition) is 1. The van der Waals surface area contributed by atoms with Gasteiger partial charge in [-0.3, -0.25) is 0 Å². The van der Waals surface area contributed by atoms with Crippen LogP contribution in [0, 0.1) is 23.7 Å². The first-order valence-electron chi connectivity index (χ1n) is 8.11. The van der Waals surface area contributed by atoms with E-state index < -0.39 is 0 Å². The van der Waals surface area contributed by atoms with Gasteiger partial charge >= 0.3 is 0 Å². The molecule has 0 heterocycles. The van der Waals surface area contributed by atoms with E-state index in [0.717, 1.165) is 29.7 Å². The Morgan fingerprint density at radius 3 is 2.50 bits per heavy atom. The van der Waals surface area contributed by atoms with Gasteiger partial charge in [-0.1, -0.05) is 19.8 Å². The first-order valence-corrected chi connectivity index (χ1v) is 8.11. The Bertz CT molecular complexity index is 289. The van der Waals surface area contributed by atoms with E-state index in [1.165, 1.54) is 51.5 Å². The van der Waals surface area contributed by atoms with Gasteiger partial charge in [0.1, 0.15) is 0 Å². The van der Waals surface area contributed by atoms with E-state index in [9.17, 15) is 0 Å². The summed E-state index contributed by atoms with van der Waals surface area (Å²) in [5.41, 5.74) is 6.44. The second kappa shape index (κ2) is 5.13. The molecule has 3 fully saturated rings. The predicted molar refractivity (Wildman–Crippen MR) is 76.3 cm³/mol. The summed E-state index contributed by atoms with van der Waals surface area (Å²) in [6, 6.07) is 1.34. The maximum absolute atomic E-state index is 6.44. The van der Waals surface area contributed by atoms with Gasteiger partial charge in [-0.15, -0.1) is 0 Å². The monoisotopic (exact) mass is 250 g/mol. The van der Waals surface area contributed by atoms with Crippen molar-refractivity contribution in [1.82, 2.24) is 4.90 Å². The van der Waals surface area contributed by atoms with Crippen molar-refractivity contribution < 1.29 is 0 Å². The molecule has 2 nitrogen and oxygen atoms in total. The van der Waals surface area contributed by atoms with Crippen LogP contribution >= 0.6 is 0 Å². The number of rotatable bonds is 3. The van der Waals surface area contributed by atoms with Gasteiger partial charge in [-0.25, -0.2) is 0 Å². The summed E-state index contributed by atoms with van der Waals surface area (Å²) >= 11 is 0. The third kappa shape index (κ3) is 2.34. The Hall–Kier alpha value is -0.0800. The number of nitrogens with zero attached hydrogens (tertiary/aromatic N) is 1. The van der Waals surface area contributed by atoms with Crippen molar-refractivity contribution in [3.8, 4) is 0 Å². The van der Waals surface area contributed by atoms with Crippen molar-refractivity contribution >= 4 is 0 Å². The molecule has 3 saturated carbocycles. The van der Waals surface area contributed by atoms with Crippen LogP contribution in [0.1, 0.15) is 51.9 Å². The Balaban J connectivity index is 1.56. The van der Waals surface area contributed by atoms with Crippen LogP contribution in [-0.4, -0.2) is 30.6 Å². The first-order chi connectivity index (χ1) is 8.65. The van der Waals surface area contributed by atoms with Gasteiger partial charge in [-0.2, -0.15) is 0 Å². The Labute approximate surface area is 112 Å². The second-order valence-electron chi connectivity index (χ2n) is 7.44. The van der Waals surface area contributed by atoms with E-state index in [4.69, 9.17) is 5.73 Å². The molecule has 3 rings (SSSR count). The van der Waals surface area contributed by atoms with Crippen molar-refractivity contribution in [3.63, 3.8) is 0 Å². The lowest BCUT2D eigenvalue weighted by Crippen LogP contribution is -2.45. The smallest absolute Gasteiger partial charge is 0.0111 e. The molecule has 6 unspecified atom stereocenters. The molecule has 18 heavy (non-hydrogen) atoms. The minimum absolute atomic E-state index is 0.507. The van der Waals surface area contributed by atoms with Crippen LogP contribution in [0.25, 0.3) is 0 Å². The molecule has 0 saturated heterocycles. The zero-order chi connectivity index (χ0) is 12.7. The third-order valence-corrected chi connectivity index (χ3v) is 6.19. The van der Waals surface area contributed by atoms with E-state index >= 15 is 0 Å². The van der Waals surface area contributed by atoms with Crippen LogP contribution in [0.2, 0.25) is 0 Å². The highest BCUT2D eigenvalue weighted by Gasteiger charge is 2.46. The van der Waals surface area contributed by atoms with Gasteiger partial charge in [0, 0.05) is 18.6 Å². The second-order valence-corrected chi connectivity index (χ2v) is 7.44.